The minimum Gasteiger partial charge on any atom is -0.416 e. The van der Waals surface area contributed by atoms with Crippen LogP contribution >= 0.6 is 11.8 Å². The standard InChI is InChI=1S/C18H23N3O2S/c22-16(19-12-15-9-5-2-6-10-15)13-24-18-21-20-17(23-18)11-14-7-3-1-4-8-14/h1,3-4,7-8,15H,2,5-6,9-13H2,(H,19,22). The Morgan fingerprint density at radius 2 is 1.96 bits per heavy atom. The average Bonchev–Trinajstić information content (AvgIpc) is 3.07. The Labute approximate surface area is 146 Å². The lowest BCUT2D eigenvalue weighted by Crippen LogP contribution is -2.31. The SMILES string of the molecule is O=C(CSc1nnc(Cc2ccccc2)o1)NCC1CCCCC1. The Bertz CT molecular complexity index is 639. The number of hydrogen-bond acceptors (Lipinski definition) is 5. The number of nitrogens with one attached hydrogen (secondary N) is 1. The van der Waals surface area contributed by atoms with Crippen molar-refractivity contribution >= 4 is 17.7 Å². The molecule has 1 saturated carbocycles. The van der Waals surface area contributed by atoms with Gasteiger partial charge in [0, 0.05) is 6.54 Å². The lowest BCUT2D eigenvalue weighted by atomic mass is 9.89. The third kappa shape index (κ3) is 5.37. The van der Waals surface area contributed by atoms with Gasteiger partial charge in [0.05, 0.1) is 12.2 Å². The summed E-state index contributed by atoms with van der Waals surface area (Å²) in [4.78, 5) is 11.9. The number of hydrogen-bond donors (Lipinski definition) is 1. The molecule has 0 atom stereocenters. The molecule has 0 saturated heterocycles. The van der Waals surface area contributed by atoms with Crippen LogP contribution in [0.4, 0.5) is 0 Å². The molecule has 1 heterocycles. The summed E-state index contributed by atoms with van der Waals surface area (Å²) in [6, 6.07) is 9.99. The quantitative estimate of drug-likeness (QED) is 0.779. The molecule has 1 aromatic carbocycles. The second kappa shape index (κ2) is 8.87. The fourth-order valence-corrected chi connectivity index (χ4v) is 3.58. The van der Waals surface area contributed by atoms with Gasteiger partial charge in [-0.3, -0.25) is 4.79 Å². The summed E-state index contributed by atoms with van der Waals surface area (Å²) in [5, 5.41) is 11.5. The van der Waals surface area contributed by atoms with Crippen LogP contribution in [-0.2, 0) is 11.2 Å². The molecule has 2 aromatic rings. The van der Waals surface area contributed by atoms with Crippen LogP contribution in [0.5, 0.6) is 0 Å². The Hall–Kier alpha value is -1.82. The Morgan fingerprint density at radius 1 is 1.17 bits per heavy atom. The first-order valence-corrected chi connectivity index (χ1v) is 9.54. The van der Waals surface area contributed by atoms with Crippen LogP contribution in [0, 0.1) is 5.92 Å². The molecule has 0 unspecified atom stereocenters. The van der Waals surface area contributed by atoms with Gasteiger partial charge in [-0.2, -0.15) is 0 Å². The molecule has 1 fully saturated rings. The number of aromatic nitrogens is 2. The number of rotatable bonds is 7. The van der Waals surface area contributed by atoms with Crippen molar-refractivity contribution in [2.24, 2.45) is 5.92 Å². The molecule has 1 aliphatic carbocycles. The molecule has 5 nitrogen and oxygen atoms in total. The third-order valence-corrected chi connectivity index (χ3v) is 5.10. The smallest absolute Gasteiger partial charge is 0.277 e. The van der Waals surface area contributed by atoms with Crippen LogP contribution in [0.25, 0.3) is 0 Å². The largest absolute Gasteiger partial charge is 0.416 e. The van der Waals surface area contributed by atoms with Crippen molar-refractivity contribution in [2.75, 3.05) is 12.3 Å². The number of benzene rings is 1. The van der Waals surface area contributed by atoms with Crippen molar-refractivity contribution in [3.8, 4) is 0 Å². The van der Waals surface area contributed by atoms with Gasteiger partial charge in [0.25, 0.3) is 5.22 Å². The van der Waals surface area contributed by atoms with Crippen LogP contribution in [0.15, 0.2) is 40.0 Å². The first-order chi connectivity index (χ1) is 11.8. The topological polar surface area (TPSA) is 68.0 Å². The summed E-state index contributed by atoms with van der Waals surface area (Å²) < 4.78 is 5.59. The van der Waals surface area contributed by atoms with E-state index < -0.39 is 0 Å². The highest BCUT2D eigenvalue weighted by Gasteiger charge is 2.15. The molecule has 1 aliphatic rings. The Kier molecular flexibility index (Phi) is 6.29. The van der Waals surface area contributed by atoms with Gasteiger partial charge >= 0.3 is 0 Å². The van der Waals surface area contributed by atoms with Crippen molar-refractivity contribution in [3.63, 3.8) is 0 Å². The highest BCUT2D eigenvalue weighted by molar-refractivity contribution is 7.99. The summed E-state index contributed by atoms with van der Waals surface area (Å²) in [5.41, 5.74) is 1.13. The van der Waals surface area contributed by atoms with E-state index in [-0.39, 0.29) is 5.91 Å². The van der Waals surface area contributed by atoms with E-state index in [9.17, 15) is 4.79 Å². The van der Waals surface area contributed by atoms with Crippen molar-refractivity contribution in [2.45, 2.75) is 43.7 Å². The van der Waals surface area contributed by atoms with Crippen molar-refractivity contribution in [1.29, 1.82) is 0 Å². The summed E-state index contributed by atoms with van der Waals surface area (Å²) in [6.07, 6.45) is 7.01. The average molecular weight is 345 g/mol. The van der Waals surface area contributed by atoms with E-state index in [0.717, 1.165) is 12.1 Å². The van der Waals surface area contributed by atoms with E-state index in [0.29, 0.717) is 29.2 Å². The maximum Gasteiger partial charge on any atom is 0.277 e. The van der Waals surface area contributed by atoms with Crippen molar-refractivity contribution in [3.05, 3.63) is 41.8 Å². The lowest BCUT2D eigenvalue weighted by molar-refractivity contribution is -0.118. The minimum atomic E-state index is 0.0355. The molecule has 0 bridgehead atoms. The van der Waals surface area contributed by atoms with Crippen LogP contribution in [-0.4, -0.2) is 28.4 Å². The molecule has 128 valence electrons. The van der Waals surface area contributed by atoms with Gasteiger partial charge < -0.3 is 9.73 Å². The lowest BCUT2D eigenvalue weighted by Gasteiger charge is -2.21. The predicted octanol–water partition coefficient (Wildman–Crippen LogP) is 3.45. The highest BCUT2D eigenvalue weighted by atomic mass is 32.2. The van der Waals surface area contributed by atoms with E-state index in [1.807, 2.05) is 30.3 Å². The Morgan fingerprint density at radius 3 is 2.75 bits per heavy atom. The van der Waals surface area contributed by atoms with E-state index >= 15 is 0 Å². The zero-order valence-electron chi connectivity index (χ0n) is 13.7. The second-order valence-electron chi connectivity index (χ2n) is 6.22. The normalized spacial score (nSPS) is 15.3. The van der Waals surface area contributed by atoms with Crippen LogP contribution < -0.4 is 5.32 Å². The first kappa shape index (κ1) is 17.0. The van der Waals surface area contributed by atoms with E-state index in [4.69, 9.17) is 4.42 Å². The molecule has 1 amide bonds. The van der Waals surface area contributed by atoms with E-state index in [2.05, 4.69) is 15.5 Å². The second-order valence-corrected chi connectivity index (χ2v) is 7.15. The minimum absolute atomic E-state index is 0.0355. The van der Waals surface area contributed by atoms with Gasteiger partial charge in [-0.05, 0) is 24.3 Å². The molecule has 0 radical (unpaired) electrons. The zero-order valence-corrected chi connectivity index (χ0v) is 14.6. The van der Waals surface area contributed by atoms with Gasteiger partial charge in [0.2, 0.25) is 11.8 Å². The highest BCUT2D eigenvalue weighted by Crippen LogP contribution is 2.23. The monoisotopic (exact) mass is 345 g/mol. The van der Waals surface area contributed by atoms with Gasteiger partial charge in [0.15, 0.2) is 0 Å². The van der Waals surface area contributed by atoms with Gasteiger partial charge in [-0.15, -0.1) is 10.2 Å². The van der Waals surface area contributed by atoms with Crippen LogP contribution in [0.3, 0.4) is 0 Å². The number of nitrogens with zero attached hydrogens (tertiary/aromatic N) is 2. The molecular weight excluding hydrogens is 322 g/mol. The molecule has 24 heavy (non-hydrogen) atoms. The first-order valence-electron chi connectivity index (χ1n) is 8.55. The number of carbonyl (C=O) groups excluding carboxylic acids is 1. The number of thioether (sulfide) groups is 1. The fourth-order valence-electron chi connectivity index (χ4n) is 2.97. The van der Waals surface area contributed by atoms with Crippen molar-refractivity contribution in [1.82, 2.24) is 15.5 Å². The molecule has 1 N–H and O–H groups in total. The van der Waals surface area contributed by atoms with E-state index in [1.54, 1.807) is 0 Å². The summed E-state index contributed by atoms with van der Waals surface area (Å²) in [5.74, 6) is 1.58. The van der Waals surface area contributed by atoms with Gasteiger partial charge in [-0.1, -0.05) is 61.4 Å². The number of amides is 1. The summed E-state index contributed by atoms with van der Waals surface area (Å²) in [6.45, 7) is 0.794. The summed E-state index contributed by atoms with van der Waals surface area (Å²) in [7, 11) is 0. The summed E-state index contributed by atoms with van der Waals surface area (Å²) >= 11 is 1.29. The van der Waals surface area contributed by atoms with Crippen molar-refractivity contribution < 1.29 is 9.21 Å². The van der Waals surface area contributed by atoms with Crippen LogP contribution in [0.1, 0.15) is 43.6 Å². The molecule has 0 aliphatic heterocycles. The van der Waals surface area contributed by atoms with Gasteiger partial charge in [0.1, 0.15) is 0 Å². The molecular formula is C18H23N3O2S. The molecule has 3 rings (SSSR count). The van der Waals surface area contributed by atoms with Crippen LogP contribution in [0.2, 0.25) is 0 Å². The maximum atomic E-state index is 11.9. The molecule has 6 heteroatoms. The fraction of sp³-hybridized carbons (Fsp3) is 0.500. The predicted molar refractivity (Wildman–Crippen MR) is 93.9 cm³/mol. The number of carbonyl (C=O) groups is 1. The zero-order chi connectivity index (χ0) is 16.6. The van der Waals surface area contributed by atoms with E-state index in [1.165, 1.54) is 43.9 Å². The molecule has 0 spiro atoms. The Balaban J connectivity index is 1.39. The maximum absolute atomic E-state index is 11.9. The third-order valence-electron chi connectivity index (χ3n) is 4.29. The van der Waals surface area contributed by atoms with Gasteiger partial charge in [-0.25, -0.2) is 0 Å². The molecule has 1 aromatic heterocycles.